The molecule has 110 valence electrons. The molecule has 5 heteroatoms. The third-order valence-corrected chi connectivity index (χ3v) is 3.81. The molecule has 0 amide bonds. The number of hydrogen-bond acceptors (Lipinski definition) is 5. The minimum Gasteiger partial charge on any atom is -0.507 e. The molecule has 21 heavy (non-hydrogen) atoms. The molecule has 0 bridgehead atoms. The van der Waals surface area contributed by atoms with E-state index in [1.165, 1.54) is 0 Å². The number of ether oxygens (including phenoxy) is 1. The Morgan fingerprint density at radius 2 is 1.90 bits per heavy atom. The number of aromatic nitrogens is 2. The average Bonchev–Trinajstić information content (AvgIpc) is 2.51. The molecule has 0 unspecified atom stereocenters. The Hall–Kier alpha value is -2.14. The first-order valence-corrected chi connectivity index (χ1v) is 7.06. The molecule has 0 saturated heterocycles. The van der Waals surface area contributed by atoms with E-state index in [9.17, 15) is 5.11 Å². The molecule has 0 saturated carbocycles. The third-order valence-electron chi connectivity index (χ3n) is 3.81. The number of aromatic hydroxyl groups is 1. The molecule has 1 aliphatic rings. The van der Waals surface area contributed by atoms with Gasteiger partial charge < -0.3 is 15.2 Å². The van der Waals surface area contributed by atoms with Crippen LogP contribution in [0.5, 0.6) is 5.75 Å². The zero-order chi connectivity index (χ0) is 15.0. The number of rotatable bonds is 2. The number of fused-ring (bicyclic) bond motifs is 1. The summed E-state index contributed by atoms with van der Waals surface area (Å²) in [5, 5.41) is 13.0. The second-order valence-electron chi connectivity index (χ2n) is 5.33. The SMILES string of the molecule is CNc1nc(-c2cc(C)c(O)c(C)c2)nc2c1COCC2. The summed E-state index contributed by atoms with van der Waals surface area (Å²) < 4.78 is 5.48. The van der Waals surface area contributed by atoms with Crippen molar-refractivity contribution >= 4 is 5.82 Å². The van der Waals surface area contributed by atoms with Gasteiger partial charge in [0.2, 0.25) is 0 Å². The summed E-state index contributed by atoms with van der Waals surface area (Å²) >= 11 is 0. The fourth-order valence-corrected chi connectivity index (χ4v) is 2.65. The van der Waals surface area contributed by atoms with Crippen LogP contribution in [0.15, 0.2) is 12.1 Å². The largest absolute Gasteiger partial charge is 0.507 e. The van der Waals surface area contributed by atoms with Gasteiger partial charge in [0.1, 0.15) is 11.6 Å². The number of benzene rings is 1. The fourth-order valence-electron chi connectivity index (χ4n) is 2.65. The summed E-state index contributed by atoms with van der Waals surface area (Å²) in [5.74, 6) is 1.84. The summed E-state index contributed by atoms with van der Waals surface area (Å²) in [5.41, 5.74) is 4.67. The zero-order valence-electron chi connectivity index (χ0n) is 12.5. The molecule has 2 heterocycles. The number of hydrogen-bond donors (Lipinski definition) is 2. The average molecular weight is 285 g/mol. The van der Waals surface area contributed by atoms with Crippen molar-refractivity contribution in [3.63, 3.8) is 0 Å². The Morgan fingerprint density at radius 1 is 1.19 bits per heavy atom. The van der Waals surface area contributed by atoms with Gasteiger partial charge in [0.25, 0.3) is 0 Å². The van der Waals surface area contributed by atoms with E-state index >= 15 is 0 Å². The van der Waals surface area contributed by atoms with Crippen LogP contribution in [0.3, 0.4) is 0 Å². The minimum atomic E-state index is 0.332. The van der Waals surface area contributed by atoms with Crippen LogP contribution in [0.2, 0.25) is 0 Å². The highest BCUT2D eigenvalue weighted by Crippen LogP contribution is 2.30. The number of phenolic OH excluding ortho intramolecular Hbond substituents is 1. The lowest BCUT2D eigenvalue weighted by molar-refractivity contribution is 0.109. The number of nitrogens with zero attached hydrogens (tertiary/aromatic N) is 2. The Kier molecular flexibility index (Phi) is 3.51. The Balaban J connectivity index is 2.15. The Bertz CT molecular complexity index is 658. The van der Waals surface area contributed by atoms with Crippen molar-refractivity contribution in [2.24, 2.45) is 0 Å². The highest BCUT2D eigenvalue weighted by atomic mass is 16.5. The third kappa shape index (κ3) is 2.45. The maximum absolute atomic E-state index is 9.90. The summed E-state index contributed by atoms with van der Waals surface area (Å²) in [6, 6.07) is 3.84. The van der Waals surface area contributed by atoms with E-state index in [0.717, 1.165) is 40.2 Å². The molecule has 2 aromatic rings. The maximum atomic E-state index is 9.90. The predicted octanol–water partition coefficient (Wildman–Crippen LogP) is 2.58. The topological polar surface area (TPSA) is 67.3 Å². The lowest BCUT2D eigenvalue weighted by Crippen LogP contribution is -2.16. The standard InChI is InChI=1S/C16H19N3O2/c1-9-6-11(7-10(2)14(9)20)15-18-13-4-5-21-8-12(13)16(17-3)19-15/h6-7,20H,4-5,8H2,1-3H3,(H,17,18,19). The lowest BCUT2D eigenvalue weighted by Gasteiger charge is -2.19. The van der Waals surface area contributed by atoms with Crippen molar-refractivity contribution in [3.05, 3.63) is 34.5 Å². The summed E-state index contributed by atoms with van der Waals surface area (Å²) in [6.45, 7) is 5.02. The molecule has 0 atom stereocenters. The monoisotopic (exact) mass is 285 g/mol. The minimum absolute atomic E-state index is 0.332. The van der Waals surface area contributed by atoms with Crippen LogP contribution in [0.25, 0.3) is 11.4 Å². The molecule has 1 aliphatic heterocycles. The smallest absolute Gasteiger partial charge is 0.161 e. The van der Waals surface area contributed by atoms with E-state index in [1.54, 1.807) is 0 Å². The lowest BCUT2D eigenvalue weighted by atomic mass is 10.0. The molecule has 0 aliphatic carbocycles. The van der Waals surface area contributed by atoms with Crippen LogP contribution in [0, 0.1) is 13.8 Å². The molecule has 1 aromatic carbocycles. The first-order chi connectivity index (χ1) is 10.1. The van der Waals surface area contributed by atoms with Crippen LogP contribution in [0.1, 0.15) is 22.4 Å². The van der Waals surface area contributed by atoms with Crippen molar-refractivity contribution in [2.75, 3.05) is 19.0 Å². The highest BCUT2D eigenvalue weighted by Gasteiger charge is 2.18. The van der Waals surface area contributed by atoms with Gasteiger partial charge >= 0.3 is 0 Å². The summed E-state index contributed by atoms with van der Waals surface area (Å²) in [4.78, 5) is 9.29. The van der Waals surface area contributed by atoms with Gasteiger partial charge in [0.05, 0.1) is 18.9 Å². The normalized spacial score (nSPS) is 13.9. The first kappa shape index (κ1) is 13.8. The van der Waals surface area contributed by atoms with Gasteiger partial charge in [-0.05, 0) is 37.1 Å². The van der Waals surface area contributed by atoms with Crippen molar-refractivity contribution in [1.29, 1.82) is 0 Å². The summed E-state index contributed by atoms with van der Waals surface area (Å²) in [6.07, 6.45) is 0.801. The van der Waals surface area contributed by atoms with Crippen molar-refractivity contribution in [2.45, 2.75) is 26.9 Å². The molecule has 0 radical (unpaired) electrons. The van der Waals surface area contributed by atoms with E-state index in [2.05, 4.69) is 10.3 Å². The van der Waals surface area contributed by atoms with E-state index in [1.807, 2.05) is 33.0 Å². The van der Waals surface area contributed by atoms with Crippen LogP contribution < -0.4 is 5.32 Å². The second kappa shape index (κ2) is 5.33. The highest BCUT2D eigenvalue weighted by molar-refractivity contribution is 5.64. The van der Waals surface area contributed by atoms with Gasteiger partial charge in [0.15, 0.2) is 5.82 Å². The fraction of sp³-hybridized carbons (Fsp3) is 0.375. The number of nitrogens with one attached hydrogen (secondary N) is 1. The van der Waals surface area contributed by atoms with Crippen LogP contribution in [-0.2, 0) is 17.8 Å². The van der Waals surface area contributed by atoms with E-state index in [4.69, 9.17) is 9.72 Å². The number of aryl methyl sites for hydroxylation is 2. The van der Waals surface area contributed by atoms with Crippen LogP contribution in [-0.4, -0.2) is 28.7 Å². The van der Waals surface area contributed by atoms with Crippen molar-refractivity contribution in [1.82, 2.24) is 9.97 Å². The van der Waals surface area contributed by atoms with Gasteiger partial charge in [-0.2, -0.15) is 0 Å². The molecular formula is C16H19N3O2. The molecule has 0 fully saturated rings. The summed E-state index contributed by atoms with van der Waals surface area (Å²) in [7, 11) is 1.86. The number of anilines is 1. The van der Waals surface area contributed by atoms with Crippen LogP contribution in [0.4, 0.5) is 5.82 Å². The van der Waals surface area contributed by atoms with E-state index in [-0.39, 0.29) is 0 Å². The predicted molar refractivity (Wildman–Crippen MR) is 81.5 cm³/mol. The van der Waals surface area contributed by atoms with Crippen molar-refractivity contribution in [3.8, 4) is 17.1 Å². The quantitative estimate of drug-likeness (QED) is 0.887. The van der Waals surface area contributed by atoms with Gasteiger partial charge in [-0.1, -0.05) is 0 Å². The van der Waals surface area contributed by atoms with Gasteiger partial charge in [-0.3, -0.25) is 0 Å². The maximum Gasteiger partial charge on any atom is 0.161 e. The van der Waals surface area contributed by atoms with Gasteiger partial charge in [0, 0.05) is 24.6 Å². The molecule has 5 nitrogen and oxygen atoms in total. The van der Waals surface area contributed by atoms with E-state index < -0.39 is 0 Å². The van der Waals surface area contributed by atoms with Gasteiger partial charge in [-0.25, -0.2) is 9.97 Å². The Morgan fingerprint density at radius 3 is 2.57 bits per heavy atom. The second-order valence-corrected chi connectivity index (χ2v) is 5.33. The molecule has 0 spiro atoms. The van der Waals surface area contributed by atoms with Crippen LogP contribution >= 0.6 is 0 Å². The number of phenols is 1. The van der Waals surface area contributed by atoms with E-state index in [0.29, 0.717) is 24.8 Å². The zero-order valence-corrected chi connectivity index (χ0v) is 12.5. The molecule has 2 N–H and O–H groups in total. The molecule has 3 rings (SSSR count). The molecule has 1 aromatic heterocycles. The Labute approximate surface area is 124 Å². The first-order valence-electron chi connectivity index (χ1n) is 7.06. The van der Waals surface area contributed by atoms with Crippen molar-refractivity contribution < 1.29 is 9.84 Å². The molecular weight excluding hydrogens is 266 g/mol. The van der Waals surface area contributed by atoms with Gasteiger partial charge in [-0.15, -0.1) is 0 Å².